The van der Waals surface area contributed by atoms with E-state index < -0.39 is 11.8 Å². The minimum Gasteiger partial charge on any atom is -0.347 e. The van der Waals surface area contributed by atoms with E-state index >= 15 is 0 Å². The van der Waals surface area contributed by atoms with Crippen LogP contribution < -0.4 is 10.6 Å². The molecule has 2 N–H and O–H groups in total. The Morgan fingerprint density at radius 2 is 1.87 bits per heavy atom. The second-order valence-corrected chi connectivity index (χ2v) is 5.45. The summed E-state index contributed by atoms with van der Waals surface area (Å²) in [7, 11) is 0. The first kappa shape index (κ1) is 17.0. The molecule has 0 aliphatic carbocycles. The summed E-state index contributed by atoms with van der Waals surface area (Å²) in [5, 5.41) is 5.53. The Balaban J connectivity index is 1.86. The summed E-state index contributed by atoms with van der Waals surface area (Å²) in [6, 6.07) is 11.2. The SMILES string of the molecule is Cc1cc(Cl)ccc1NC(=O)C(=O)NCCc1ccccc1F. The number of benzene rings is 2. The van der Waals surface area contributed by atoms with Gasteiger partial charge in [-0.25, -0.2) is 4.39 Å². The fourth-order valence-corrected chi connectivity index (χ4v) is 2.27. The van der Waals surface area contributed by atoms with Gasteiger partial charge in [0.25, 0.3) is 0 Å². The lowest BCUT2D eigenvalue weighted by Gasteiger charge is -2.09. The van der Waals surface area contributed by atoms with Gasteiger partial charge < -0.3 is 10.6 Å². The number of halogens is 2. The highest BCUT2D eigenvalue weighted by molar-refractivity contribution is 6.39. The van der Waals surface area contributed by atoms with Crippen molar-refractivity contribution in [3.63, 3.8) is 0 Å². The number of anilines is 1. The Labute approximate surface area is 138 Å². The maximum Gasteiger partial charge on any atom is 0.313 e. The van der Waals surface area contributed by atoms with Crippen LogP contribution in [0.4, 0.5) is 10.1 Å². The molecule has 0 aliphatic rings. The van der Waals surface area contributed by atoms with Gasteiger partial charge in [-0.15, -0.1) is 0 Å². The highest BCUT2D eigenvalue weighted by atomic mass is 35.5. The molecule has 120 valence electrons. The van der Waals surface area contributed by atoms with E-state index in [-0.39, 0.29) is 12.4 Å². The summed E-state index contributed by atoms with van der Waals surface area (Å²) in [4.78, 5) is 23.6. The van der Waals surface area contributed by atoms with E-state index in [2.05, 4.69) is 10.6 Å². The average molecular weight is 335 g/mol. The van der Waals surface area contributed by atoms with Crippen molar-refractivity contribution in [1.29, 1.82) is 0 Å². The predicted octanol–water partition coefficient (Wildman–Crippen LogP) is 3.08. The molecular weight excluding hydrogens is 319 g/mol. The van der Waals surface area contributed by atoms with E-state index in [9.17, 15) is 14.0 Å². The first-order valence-electron chi connectivity index (χ1n) is 7.06. The number of hydrogen-bond donors (Lipinski definition) is 2. The van der Waals surface area contributed by atoms with Crippen LogP contribution in [0.3, 0.4) is 0 Å². The maximum absolute atomic E-state index is 13.4. The molecule has 0 bridgehead atoms. The van der Waals surface area contributed by atoms with Crippen molar-refractivity contribution in [3.8, 4) is 0 Å². The summed E-state index contributed by atoms with van der Waals surface area (Å²) in [6.07, 6.45) is 0.311. The second kappa shape index (κ2) is 7.74. The zero-order valence-corrected chi connectivity index (χ0v) is 13.3. The number of nitrogens with one attached hydrogen (secondary N) is 2. The third-order valence-electron chi connectivity index (χ3n) is 3.28. The Kier molecular flexibility index (Phi) is 5.71. The third-order valence-corrected chi connectivity index (χ3v) is 3.52. The number of amides is 2. The van der Waals surface area contributed by atoms with Crippen molar-refractivity contribution in [1.82, 2.24) is 5.32 Å². The van der Waals surface area contributed by atoms with Gasteiger partial charge in [-0.1, -0.05) is 29.8 Å². The first-order valence-corrected chi connectivity index (χ1v) is 7.44. The Bertz CT molecular complexity index is 734. The number of carbonyl (C=O) groups is 2. The quantitative estimate of drug-likeness (QED) is 0.844. The van der Waals surface area contributed by atoms with Crippen LogP contribution in [0.25, 0.3) is 0 Å². The van der Waals surface area contributed by atoms with Crippen LogP contribution in [-0.2, 0) is 16.0 Å². The Morgan fingerprint density at radius 1 is 1.13 bits per heavy atom. The first-order chi connectivity index (χ1) is 11.0. The topological polar surface area (TPSA) is 58.2 Å². The highest BCUT2D eigenvalue weighted by Crippen LogP contribution is 2.19. The molecule has 23 heavy (non-hydrogen) atoms. The number of carbonyl (C=O) groups excluding carboxylic acids is 2. The van der Waals surface area contributed by atoms with Gasteiger partial charge in [0.1, 0.15) is 5.82 Å². The summed E-state index contributed by atoms with van der Waals surface area (Å²) < 4.78 is 13.4. The van der Waals surface area contributed by atoms with Gasteiger partial charge in [0, 0.05) is 17.3 Å². The van der Waals surface area contributed by atoms with Crippen LogP contribution in [0.15, 0.2) is 42.5 Å². The molecular formula is C17H16ClFN2O2. The van der Waals surface area contributed by atoms with E-state index in [0.29, 0.717) is 22.7 Å². The molecule has 0 atom stereocenters. The van der Waals surface area contributed by atoms with Crippen LogP contribution in [0.5, 0.6) is 0 Å². The minimum atomic E-state index is -0.774. The summed E-state index contributed by atoms with van der Waals surface area (Å²) >= 11 is 5.83. The fourth-order valence-electron chi connectivity index (χ4n) is 2.04. The molecule has 0 saturated carbocycles. The largest absolute Gasteiger partial charge is 0.347 e. The molecule has 0 heterocycles. The standard InChI is InChI=1S/C17H16ClFN2O2/c1-11-10-13(18)6-7-15(11)21-17(23)16(22)20-9-8-12-4-2-3-5-14(12)19/h2-7,10H,8-9H2,1H3,(H,20,22)(H,21,23). The molecule has 0 spiro atoms. The lowest BCUT2D eigenvalue weighted by Crippen LogP contribution is -2.36. The van der Waals surface area contributed by atoms with E-state index in [1.807, 2.05) is 0 Å². The van der Waals surface area contributed by atoms with Gasteiger partial charge in [-0.05, 0) is 48.7 Å². The molecule has 0 fully saturated rings. The van der Waals surface area contributed by atoms with Crippen LogP contribution in [0, 0.1) is 12.7 Å². The van der Waals surface area contributed by atoms with Gasteiger partial charge >= 0.3 is 11.8 Å². The number of aryl methyl sites for hydroxylation is 1. The van der Waals surface area contributed by atoms with Crippen molar-refractivity contribution < 1.29 is 14.0 Å². The third kappa shape index (κ3) is 4.79. The van der Waals surface area contributed by atoms with Crippen molar-refractivity contribution >= 4 is 29.1 Å². The zero-order valence-electron chi connectivity index (χ0n) is 12.5. The van der Waals surface area contributed by atoms with E-state index in [0.717, 1.165) is 5.56 Å². The molecule has 0 radical (unpaired) electrons. The van der Waals surface area contributed by atoms with Gasteiger partial charge in [0.05, 0.1) is 0 Å². The Morgan fingerprint density at radius 3 is 2.57 bits per heavy atom. The number of hydrogen-bond acceptors (Lipinski definition) is 2. The molecule has 0 aromatic heterocycles. The summed E-state index contributed by atoms with van der Waals surface area (Å²) in [6.45, 7) is 1.95. The van der Waals surface area contributed by atoms with Crippen molar-refractivity contribution in [2.24, 2.45) is 0 Å². The molecule has 2 aromatic rings. The van der Waals surface area contributed by atoms with E-state index in [4.69, 9.17) is 11.6 Å². The molecule has 0 aliphatic heterocycles. The molecule has 0 unspecified atom stereocenters. The highest BCUT2D eigenvalue weighted by Gasteiger charge is 2.14. The van der Waals surface area contributed by atoms with Gasteiger partial charge in [-0.2, -0.15) is 0 Å². The molecule has 2 rings (SSSR count). The van der Waals surface area contributed by atoms with Gasteiger partial charge in [-0.3, -0.25) is 9.59 Å². The minimum absolute atomic E-state index is 0.173. The molecule has 2 amide bonds. The lowest BCUT2D eigenvalue weighted by atomic mass is 10.1. The molecule has 0 saturated heterocycles. The smallest absolute Gasteiger partial charge is 0.313 e. The summed E-state index contributed by atoms with van der Waals surface area (Å²) in [5.74, 6) is -1.87. The fraction of sp³-hybridized carbons (Fsp3) is 0.176. The molecule has 6 heteroatoms. The monoisotopic (exact) mass is 334 g/mol. The molecule has 4 nitrogen and oxygen atoms in total. The van der Waals surface area contributed by atoms with Crippen LogP contribution in [0.1, 0.15) is 11.1 Å². The number of rotatable bonds is 4. The van der Waals surface area contributed by atoms with Crippen LogP contribution in [-0.4, -0.2) is 18.4 Å². The van der Waals surface area contributed by atoms with Gasteiger partial charge in [0.15, 0.2) is 0 Å². The Hall–Kier alpha value is -2.40. The van der Waals surface area contributed by atoms with Crippen LogP contribution in [0.2, 0.25) is 5.02 Å². The van der Waals surface area contributed by atoms with Crippen LogP contribution >= 0.6 is 11.6 Å². The maximum atomic E-state index is 13.4. The van der Waals surface area contributed by atoms with Crippen molar-refractivity contribution in [2.45, 2.75) is 13.3 Å². The zero-order chi connectivity index (χ0) is 16.8. The van der Waals surface area contributed by atoms with E-state index in [1.54, 1.807) is 43.3 Å². The normalized spacial score (nSPS) is 10.2. The predicted molar refractivity (Wildman–Crippen MR) is 87.9 cm³/mol. The van der Waals surface area contributed by atoms with Gasteiger partial charge in [0.2, 0.25) is 0 Å². The lowest BCUT2D eigenvalue weighted by molar-refractivity contribution is -0.136. The van der Waals surface area contributed by atoms with Crippen molar-refractivity contribution in [2.75, 3.05) is 11.9 Å². The summed E-state index contributed by atoms with van der Waals surface area (Å²) in [5.41, 5.74) is 1.76. The van der Waals surface area contributed by atoms with Crippen molar-refractivity contribution in [3.05, 3.63) is 64.4 Å². The average Bonchev–Trinajstić information content (AvgIpc) is 2.51. The second-order valence-electron chi connectivity index (χ2n) is 5.01. The van der Waals surface area contributed by atoms with E-state index in [1.165, 1.54) is 6.07 Å². The molecule has 2 aromatic carbocycles.